The number of anilines is 1. The van der Waals surface area contributed by atoms with E-state index in [0.717, 1.165) is 12.1 Å². The van der Waals surface area contributed by atoms with Gasteiger partial charge in [-0.2, -0.15) is 0 Å². The molecule has 2 aromatic rings. The fourth-order valence-electron chi connectivity index (χ4n) is 2.81. The third kappa shape index (κ3) is 3.80. The van der Waals surface area contributed by atoms with Crippen LogP contribution in [0, 0.1) is 21.7 Å². The zero-order valence-corrected chi connectivity index (χ0v) is 14.5. The SMILES string of the molecule is CC1=C(C(=O)Nc2ccc(F)c(F)c2)[C@@H](c2ccc([N+](=O)[O-])cc2)NC(=O)N1. The van der Waals surface area contributed by atoms with Gasteiger partial charge < -0.3 is 16.0 Å². The molecule has 1 aliphatic rings. The van der Waals surface area contributed by atoms with E-state index in [1.165, 1.54) is 37.3 Å². The highest BCUT2D eigenvalue weighted by atomic mass is 19.2. The fraction of sp³-hybridized carbons (Fsp3) is 0.111. The van der Waals surface area contributed by atoms with Crippen LogP contribution in [0.25, 0.3) is 0 Å². The van der Waals surface area contributed by atoms with Gasteiger partial charge in [-0.1, -0.05) is 0 Å². The van der Waals surface area contributed by atoms with Crippen LogP contribution in [0.3, 0.4) is 0 Å². The third-order valence-corrected chi connectivity index (χ3v) is 4.13. The van der Waals surface area contributed by atoms with Gasteiger partial charge in [0.05, 0.1) is 16.5 Å². The summed E-state index contributed by atoms with van der Waals surface area (Å²) in [6, 6.07) is 6.82. The number of benzene rings is 2. The molecule has 0 spiro atoms. The standard InChI is InChI=1S/C18H14F2N4O4/c1-9-15(17(25)22-11-4-7-13(19)14(20)8-11)16(23-18(26)21-9)10-2-5-12(6-3-10)24(27)28/h2-8,16H,1H3,(H,22,25)(H2,21,23,26)/t16-/m1/s1. The van der Waals surface area contributed by atoms with E-state index in [0.29, 0.717) is 5.56 Å². The van der Waals surface area contributed by atoms with Crippen LogP contribution in [0.15, 0.2) is 53.7 Å². The lowest BCUT2D eigenvalue weighted by molar-refractivity contribution is -0.384. The van der Waals surface area contributed by atoms with Gasteiger partial charge in [0.2, 0.25) is 0 Å². The number of amides is 3. The van der Waals surface area contributed by atoms with Gasteiger partial charge in [0.15, 0.2) is 11.6 Å². The van der Waals surface area contributed by atoms with Crippen LogP contribution in [0.1, 0.15) is 18.5 Å². The average molecular weight is 388 g/mol. The van der Waals surface area contributed by atoms with E-state index < -0.39 is 34.5 Å². The second-order valence-corrected chi connectivity index (χ2v) is 6.00. The summed E-state index contributed by atoms with van der Waals surface area (Å²) in [5.74, 6) is -2.83. The first kappa shape index (κ1) is 19.0. The second-order valence-electron chi connectivity index (χ2n) is 6.00. The van der Waals surface area contributed by atoms with Crippen LogP contribution in [0.2, 0.25) is 0 Å². The van der Waals surface area contributed by atoms with Crippen molar-refractivity contribution in [1.82, 2.24) is 10.6 Å². The van der Waals surface area contributed by atoms with E-state index in [2.05, 4.69) is 16.0 Å². The highest BCUT2D eigenvalue weighted by Crippen LogP contribution is 2.29. The molecule has 8 nitrogen and oxygen atoms in total. The van der Waals surface area contributed by atoms with Gasteiger partial charge in [0, 0.05) is 29.6 Å². The number of nitro benzene ring substituents is 1. The number of urea groups is 1. The predicted octanol–water partition coefficient (Wildman–Crippen LogP) is 3.14. The molecule has 0 saturated heterocycles. The summed E-state index contributed by atoms with van der Waals surface area (Å²) < 4.78 is 26.4. The van der Waals surface area contributed by atoms with Crippen LogP contribution in [0.4, 0.5) is 25.0 Å². The fourth-order valence-corrected chi connectivity index (χ4v) is 2.81. The number of carbonyl (C=O) groups excluding carboxylic acids is 2. The Kier molecular flexibility index (Phi) is 5.03. The van der Waals surface area contributed by atoms with E-state index in [1.54, 1.807) is 0 Å². The number of allylic oxidation sites excluding steroid dienone is 1. The first-order valence-corrected chi connectivity index (χ1v) is 8.05. The van der Waals surface area contributed by atoms with Crippen molar-refractivity contribution >= 4 is 23.3 Å². The average Bonchev–Trinajstić information content (AvgIpc) is 2.64. The van der Waals surface area contributed by atoms with Gasteiger partial charge in [-0.3, -0.25) is 14.9 Å². The summed E-state index contributed by atoms with van der Waals surface area (Å²) in [6.45, 7) is 1.51. The Hall–Kier alpha value is -3.82. The number of halogens is 2. The van der Waals surface area contributed by atoms with Crippen molar-refractivity contribution in [2.45, 2.75) is 13.0 Å². The molecule has 3 rings (SSSR count). The van der Waals surface area contributed by atoms with Crippen molar-refractivity contribution < 1.29 is 23.3 Å². The zero-order chi connectivity index (χ0) is 20.4. The van der Waals surface area contributed by atoms with Crippen molar-refractivity contribution in [1.29, 1.82) is 0 Å². The quantitative estimate of drug-likeness (QED) is 0.551. The molecule has 2 aromatic carbocycles. The first-order chi connectivity index (χ1) is 13.3. The minimum Gasteiger partial charge on any atom is -0.327 e. The number of hydrogen-bond donors (Lipinski definition) is 3. The van der Waals surface area contributed by atoms with E-state index in [9.17, 15) is 28.5 Å². The van der Waals surface area contributed by atoms with E-state index in [4.69, 9.17) is 0 Å². The molecule has 1 aliphatic heterocycles. The Morgan fingerprint density at radius 2 is 1.82 bits per heavy atom. The number of hydrogen-bond acceptors (Lipinski definition) is 4. The molecule has 144 valence electrons. The molecule has 0 saturated carbocycles. The minimum atomic E-state index is -1.12. The molecular formula is C18H14F2N4O4. The van der Waals surface area contributed by atoms with Crippen LogP contribution < -0.4 is 16.0 Å². The number of carbonyl (C=O) groups is 2. The summed E-state index contributed by atoms with van der Waals surface area (Å²) in [5.41, 5.74) is 0.710. The molecular weight excluding hydrogens is 374 g/mol. The lowest BCUT2D eigenvalue weighted by Gasteiger charge is -2.28. The maximum atomic E-state index is 13.4. The van der Waals surface area contributed by atoms with E-state index in [-0.39, 0.29) is 22.6 Å². The Bertz CT molecular complexity index is 1010. The summed E-state index contributed by atoms with van der Waals surface area (Å²) in [5, 5.41) is 18.3. The Balaban J connectivity index is 1.93. The van der Waals surface area contributed by atoms with Gasteiger partial charge >= 0.3 is 6.03 Å². The molecule has 28 heavy (non-hydrogen) atoms. The van der Waals surface area contributed by atoms with Crippen molar-refractivity contribution in [3.05, 3.63) is 81.0 Å². The zero-order valence-electron chi connectivity index (χ0n) is 14.5. The molecule has 10 heteroatoms. The third-order valence-electron chi connectivity index (χ3n) is 4.13. The molecule has 0 aliphatic carbocycles. The molecule has 1 heterocycles. The van der Waals surface area contributed by atoms with E-state index >= 15 is 0 Å². The number of nitro groups is 1. The Morgan fingerprint density at radius 1 is 1.14 bits per heavy atom. The molecule has 1 atom stereocenters. The van der Waals surface area contributed by atoms with Gasteiger partial charge in [0.25, 0.3) is 11.6 Å². The number of rotatable bonds is 4. The topological polar surface area (TPSA) is 113 Å². The molecule has 0 bridgehead atoms. The number of non-ortho nitro benzene ring substituents is 1. The summed E-state index contributed by atoms with van der Waals surface area (Å²) in [4.78, 5) is 34.9. The van der Waals surface area contributed by atoms with Crippen LogP contribution in [-0.4, -0.2) is 16.9 Å². The second kappa shape index (κ2) is 7.43. The van der Waals surface area contributed by atoms with Crippen LogP contribution in [0.5, 0.6) is 0 Å². The smallest absolute Gasteiger partial charge is 0.319 e. The Labute approximate surface area is 157 Å². The molecule has 0 fully saturated rings. The van der Waals surface area contributed by atoms with Crippen LogP contribution >= 0.6 is 0 Å². The van der Waals surface area contributed by atoms with Crippen molar-refractivity contribution in [3.8, 4) is 0 Å². The summed E-state index contributed by atoms with van der Waals surface area (Å²) in [7, 11) is 0. The van der Waals surface area contributed by atoms with Crippen molar-refractivity contribution in [2.75, 3.05) is 5.32 Å². The minimum absolute atomic E-state index is 0.0311. The molecule has 0 aromatic heterocycles. The number of nitrogens with one attached hydrogen (secondary N) is 3. The predicted molar refractivity (Wildman–Crippen MR) is 95.2 cm³/mol. The normalized spacial score (nSPS) is 16.2. The largest absolute Gasteiger partial charge is 0.327 e. The molecule has 0 unspecified atom stereocenters. The van der Waals surface area contributed by atoms with Gasteiger partial charge in [-0.05, 0) is 36.8 Å². The summed E-state index contributed by atoms with van der Waals surface area (Å²) >= 11 is 0. The lowest BCUT2D eigenvalue weighted by atomic mass is 9.94. The van der Waals surface area contributed by atoms with Crippen LogP contribution in [-0.2, 0) is 4.79 Å². The maximum Gasteiger partial charge on any atom is 0.319 e. The van der Waals surface area contributed by atoms with Gasteiger partial charge in [-0.25, -0.2) is 13.6 Å². The molecule has 3 amide bonds. The molecule has 0 radical (unpaired) electrons. The first-order valence-electron chi connectivity index (χ1n) is 8.05. The van der Waals surface area contributed by atoms with Gasteiger partial charge in [-0.15, -0.1) is 0 Å². The Morgan fingerprint density at radius 3 is 2.43 bits per heavy atom. The highest BCUT2D eigenvalue weighted by molar-refractivity contribution is 6.06. The summed E-state index contributed by atoms with van der Waals surface area (Å²) in [6.07, 6.45) is 0. The van der Waals surface area contributed by atoms with Crippen molar-refractivity contribution in [3.63, 3.8) is 0 Å². The monoisotopic (exact) mass is 388 g/mol. The van der Waals surface area contributed by atoms with E-state index in [1.807, 2.05) is 0 Å². The van der Waals surface area contributed by atoms with Crippen molar-refractivity contribution in [2.24, 2.45) is 0 Å². The molecule has 3 N–H and O–H groups in total. The highest BCUT2D eigenvalue weighted by Gasteiger charge is 2.31. The van der Waals surface area contributed by atoms with Gasteiger partial charge in [0.1, 0.15) is 0 Å². The maximum absolute atomic E-state index is 13.4. The lowest BCUT2D eigenvalue weighted by Crippen LogP contribution is -2.45. The number of nitrogens with zero attached hydrogens (tertiary/aromatic N) is 1.